The van der Waals surface area contributed by atoms with Gasteiger partial charge in [-0.1, -0.05) is 56.0 Å². The number of Topliss-reactive ketones (excluding diaryl/α,β-unsaturated/α-hetero) is 1. The van der Waals surface area contributed by atoms with Gasteiger partial charge in [0.15, 0.2) is 0 Å². The molecule has 0 fully saturated rings. The zero-order valence-electron chi connectivity index (χ0n) is 11.9. The number of carbonyl (C=O) groups is 1. The average molecular weight is 268 g/mol. The molecule has 1 aliphatic rings. The summed E-state index contributed by atoms with van der Waals surface area (Å²) in [5.41, 5.74) is 2.90. The number of fused-ring (bicyclic) bond motifs is 3. The first-order valence-electron chi connectivity index (χ1n) is 7.02. The van der Waals surface area contributed by atoms with Crippen LogP contribution in [0.4, 0.5) is 0 Å². The summed E-state index contributed by atoms with van der Waals surface area (Å²) in [4.78, 5) is 12.5. The molecular weight excluding hydrogens is 248 g/mol. The maximum atomic E-state index is 12.5. The minimum absolute atomic E-state index is 0.169. The second-order valence-corrected chi connectivity index (χ2v) is 11.9. The largest absolute Gasteiger partial charge is 0.299 e. The van der Waals surface area contributed by atoms with E-state index >= 15 is 0 Å². The molecule has 0 saturated heterocycles. The molecule has 1 atom stereocenters. The van der Waals surface area contributed by atoms with Gasteiger partial charge in [0.2, 0.25) is 0 Å². The molecule has 0 aromatic heterocycles. The lowest BCUT2D eigenvalue weighted by Crippen LogP contribution is -2.39. The highest BCUT2D eigenvalue weighted by molar-refractivity contribution is 6.80. The molecule has 2 aromatic carbocycles. The van der Waals surface area contributed by atoms with E-state index in [0.29, 0.717) is 5.78 Å². The molecule has 98 valence electrons. The van der Waals surface area contributed by atoms with Crippen LogP contribution in [-0.2, 0) is 11.2 Å². The third-order valence-corrected chi connectivity index (χ3v) is 6.52. The summed E-state index contributed by atoms with van der Waals surface area (Å²) in [5.74, 6) is 0.461. The first-order valence-corrected chi connectivity index (χ1v) is 10.6. The number of carbonyl (C=O) groups excluding carboxylic acids is 1. The van der Waals surface area contributed by atoms with Crippen LogP contribution >= 0.6 is 0 Å². The van der Waals surface area contributed by atoms with E-state index in [0.717, 1.165) is 12.8 Å². The third kappa shape index (κ3) is 2.04. The summed E-state index contributed by atoms with van der Waals surface area (Å²) in [6.45, 7) is 6.94. The van der Waals surface area contributed by atoms with Gasteiger partial charge >= 0.3 is 0 Å². The van der Waals surface area contributed by atoms with Gasteiger partial charge < -0.3 is 0 Å². The molecule has 2 aromatic rings. The van der Waals surface area contributed by atoms with Crippen LogP contribution < -0.4 is 0 Å². The smallest absolute Gasteiger partial charge is 0.137 e. The van der Waals surface area contributed by atoms with Crippen LogP contribution in [0.2, 0.25) is 19.6 Å². The molecule has 0 saturated carbocycles. The molecule has 1 nitrogen and oxygen atoms in total. The van der Waals surface area contributed by atoms with Crippen molar-refractivity contribution in [1.82, 2.24) is 0 Å². The van der Waals surface area contributed by atoms with Gasteiger partial charge in [0.05, 0.1) is 8.07 Å². The Bertz CT molecular complexity index is 652. The maximum Gasteiger partial charge on any atom is 0.137 e. The van der Waals surface area contributed by atoms with Crippen molar-refractivity contribution in [3.8, 4) is 0 Å². The molecule has 0 N–H and O–H groups in total. The number of rotatable bonds is 1. The predicted molar refractivity (Wildman–Crippen MR) is 83.4 cm³/mol. The lowest BCUT2D eigenvalue weighted by atomic mass is 9.86. The van der Waals surface area contributed by atoms with Crippen molar-refractivity contribution < 1.29 is 4.79 Å². The Hall–Kier alpha value is -1.41. The highest BCUT2D eigenvalue weighted by Gasteiger charge is 2.38. The van der Waals surface area contributed by atoms with Gasteiger partial charge in [0.1, 0.15) is 5.78 Å². The summed E-state index contributed by atoms with van der Waals surface area (Å²) in [6.07, 6.45) is 1.64. The van der Waals surface area contributed by atoms with Gasteiger partial charge in [-0.25, -0.2) is 0 Å². The van der Waals surface area contributed by atoms with E-state index < -0.39 is 8.07 Å². The second kappa shape index (κ2) is 4.31. The zero-order chi connectivity index (χ0) is 13.6. The van der Waals surface area contributed by atoms with E-state index in [1.165, 1.54) is 21.9 Å². The predicted octanol–water partition coefficient (Wildman–Crippen LogP) is 4.32. The Balaban J connectivity index is 2.34. The van der Waals surface area contributed by atoms with Crippen molar-refractivity contribution in [3.63, 3.8) is 0 Å². The van der Waals surface area contributed by atoms with Crippen LogP contribution in [0.1, 0.15) is 23.1 Å². The molecule has 0 aliphatic heterocycles. The molecule has 2 heteroatoms. The van der Waals surface area contributed by atoms with Crippen LogP contribution in [0.3, 0.4) is 0 Å². The van der Waals surface area contributed by atoms with E-state index in [2.05, 4.69) is 56.0 Å². The Morgan fingerprint density at radius 2 is 1.74 bits per heavy atom. The van der Waals surface area contributed by atoms with Gasteiger partial charge in [-0.15, -0.1) is 0 Å². The first-order chi connectivity index (χ1) is 8.98. The molecule has 1 aliphatic carbocycles. The highest BCUT2D eigenvalue weighted by atomic mass is 28.3. The molecule has 0 bridgehead atoms. The van der Waals surface area contributed by atoms with Crippen LogP contribution in [-0.4, -0.2) is 13.9 Å². The monoisotopic (exact) mass is 268 g/mol. The normalized spacial score (nSPS) is 19.5. The number of aryl methyl sites for hydroxylation is 1. The van der Waals surface area contributed by atoms with Crippen molar-refractivity contribution >= 4 is 24.6 Å². The Morgan fingerprint density at radius 1 is 1.00 bits per heavy atom. The zero-order valence-corrected chi connectivity index (χ0v) is 12.9. The highest BCUT2D eigenvalue weighted by Crippen LogP contribution is 2.39. The summed E-state index contributed by atoms with van der Waals surface area (Å²) < 4.78 is 0. The Kier molecular flexibility index (Phi) is 2.86. The number of benzene rings is 2. The molecule has 0 radical (unpaired) electrons. The van der Waals surface area contributed by atoms with Crippen LogP contribution in [0.25, 0.3) is 10.8 Å². The fourth-order valence-electron chi connectivity index (χ4n) is 3.38. The average Bonchev–Trinajstić information content (AvgIpc) is 2.37. The molecule has 19 heavy (non-hydrogen) atoms. The fraction of sp³-hybridized carbons (Fsp3) is 0.353. The maximum absolute atomic E-state index is 12.5. The molecule has 0 heterocycles. The molecule has 1 unspecified atom stereocenters. The quantitative estimate of drug-likeness (QED) is 0.704. The third-order valence-electron chi connectivity index (χ3n) is 4.18. The van der Waals surface area contributed by atoms with Crippen LogP contribution in [0, 0.1) is 0 Å². The topological polar surface area (TPSA) is 17.1 Å². The summed E-state index contributed by atoms with van der Waals surface area (Å²) >= 11 is 0. The minimum Gasteiger partial charge on any atom is -0.299 e. The van der Waals surface area contributed by atoms with Crippen LogP contribution in [0.5, 0.6) is 0 Å². The van der Waals surface area contributed by atoms with Crippen molar-refractivity contribution in [2.24, 2.45) is 0 Å². The van der Waals surface area contributed by atoms with E-state index in [1.54, 1.807) is 0 Å². The Morgan fingerprint density at radius 3 is 2.47 bits per heavy atom. The molecular formula is C17H20OSi. The van der Waals surface area contributed by atoms with Gasteiger partial charge in [0, 0.05) is 12.0 Å². The summed E-state index contributed by atoms with van der Waals surface area (Å²) in [7, 11) is -1.54. The molecule has 3 rings (SSSR count). The number of ketones is 1. The fourth-order valence-corrected chi connectivity index (χ4v) is 5.70. The van der Waals surface area contributed by atoms with E-state index in [4.69, 9.17) is 0 Å². The van der Waals surface area contributed by atoms with E-state index in [1.807, 2.05) is 0 Å². The van der Waals surface area contributed by atoms with Crippen molar-refractivity contribution in [3.05, 3.63) is 47.5 Å². The van der Waals surface area contributed by atoms with Gasteiger partial charge in [-0.05, 0) is 28.3 Å². The summed E-state index contributed by atoms with van der Waals surface area (Å²) in [5, 5.41) is 2.56. The van der Waals surface area contributed by atoms with Gasteiger partial charge in [-0.2, -0.15) is 0 Å². The number of hydrogen-bond acceptors (Lipinski definition) is 1. The van der Waals surface area contributed by atoms with Crippen LogP contribution in [0.15, 0.2) is 36.4 Å². The van der Waals surface area contributed by atoms with E-state index in [9.17, 15) is 4.79 Å². The Labute approximate surface area is 115 Å². The molecule has 0 amide bonds. The van der Waals surface area contributed by atoms with Crippen molar-refractivity contribution in [2.75, 3.05) is 0 Å². The number of hydrogen-bond donors (Lipinski definition) is 0. The van der Waals surface area contributed by atoms with Gasteiger partial charge in [-0.3, -0.25) is 4.79 Å². The summed E-state index contributed by atoms with van der Waals surface area (Å²) in [6, 6.07) is 12.9. The van der Waals surface area contributed by atoms with Crippen molar-refractivity contribution in [1.29, 1.82) is 0 Å². The second-order valence-electron chi connectivity index (χ2n) is 6.62. The SMILES string of the molecule is C[Si](C)(C)C1C(=O)CCc2ccc3ccccc3c21. The minimum atomic E-state index is -1.54. The lowest BCUT2D eigenvalue weighted by Gasteiger charge is -2.34. The first kappa shape index (κ1) is 12.6. The van der Waals surface area contributed by atoms with Crippen molar-refractivity contribution in [2.45, 2.75) is 38.0 Å². The lowest BCUT2D eigenvalue weighted by molar-refractivity contribution is -0.119. The molecule has 0 spiro atoms. The van der Waals surface area contributed by atoms with E-state index in [-0.39, 0.29) is 5.54 Å². The van der Waals surface area contributed by atoms with Gasteiger partial charge in [0.25, 0.3) is 0 Å². The standard InChI is InChI=1S/C17H20OSi/c1-19(2,3)17-15(18)11-10-13-9-8-12-6-4-5-7-14(12)16(13)17/h4-9,17H,10-11H2,1-3H3.